The molecule has 20 heavy (non-hydrogen) atoms. The minimum atomic E-state index is 0.782. The van der Waals surface area contributed by atoms with Gasteiger partial charge in [-0.15, -0.1) is 0 Å². The summed E-state index contributed by atoms with van der Waals surface area (Å²) in [6.45, 7) is 9.84. The fraction of sp³-hybridized carbons (Fsp3) is 0.824. The highest BCUT2D eigenvalue weighted by molar-refractivity contribution is 5.11. The zero-order valence-corrected chi connectivity index (χ0v) is 13.5. The number of nitrogens with one attached hydrogen (secondary N) is 1. The van der Waals surface area contributed by atoms with Crippen molar-refractivity contribution >= 4 is 0 Å². The SMILES string of the molecule is CCNCC(Cc1cc(CC)nn1CC)C1CCCC1. The van der Waals surface area contributed by atoms with Gasteiger partial charge in [-0.1, -0.05) is 39.5 Å². The fourth-order valence-corrected chi connectivity index (χ4v) is 3.56. The first kappa shape index (κ1) is 15.6. The van der Waals surface area contributed by atoms with Gasteiger partial charge in [0.25, 0.3) is 0 Å². The van der Waals surface area contributed by atoms with E-state index in [1.54, 1.807) is 0 Å². The molecule has 0 saturated heterocycles. The zero-order valence-electron chi connectivity index (χ0n) is 13.5. The minimum absolute atomic E-state index is 0.782. The molecule has 0 amide bonds. The Morgan fingerprint density at radius 3 is 2.65 bits per heavy atom. The Kier molecular flexibility index (Phi) is 6.08. The molecular weight excluding hydrogens is 246 g/mol. The summed E-state index contributed by atoms with van der Waals surface area (Å²) in [5, 5.41) is 8.28. The monoisotopic (exact) mass is 277 g/mol. The standard InChI is InChI=1S/C17H31N3/c1-4-16-12-17(20(6-3)19-16)11-15(13-18-5-2)14-9-7-8-10-14/h12,14-15,18H,4-11,13H2,1-3H3. The second-order valence-electron chi connectivity index (χ2n) is 6.11. The molecule has 0 aromatic carbocycles. The average Bonchev–Trinajstić information content (AvgIpc) is 3.12. The van der Waals surface area contributed by atoms with Crippen LogP contribution in [0.3, 0.4) is 0 Å². The van der Waals surface area contributed by atoms with E-state index in [0.29, 0.717) is 0 Å². The van der Waals surface area contributed by atoms with Crippen LogP contribution in [-0.2, 0) is 19.4 Å². The molecule has 0 radical (unpaired) electrons. The predicted molar refractivity (Wildman–Crippen MR) is 85.0 cm³/mol. The number of hydrogen-bond donors (Lipinski definition) is 1. The van der Waals surface area contributed by atoms with E-state index in [9.17, 15) is 0 Å². The maximum Gasteiger partial charge on any atom is 0.0624 e. The maximum atomic E-state index is 4.70. The number of nitrogens with zero attached hydrogens (tertiary/aromatic N) is 2. The lowest BCUT2D eigenvalue weighted by molar-refractivity contribution is 0.316. The van der Waals surface area contributed by atoms with Gasteiger partial charge in [0.05, 0.1) is 5.69 Å². The van der Waals surface area contributed by atoms with E-state index in [4.69, 9.17) is 5.10 Å². The number of hydrogen-bond acceptors (Lipinski definition) is 2. The molecular formula is C17H31N3. The summed E-state index contributed by atoms with van der Waals surface area (Å²) in [4.78, 5) is 0. The van der Waals surface area contributed by atoms with E-state index < -0.39 is 0 Å². The molecule has 1 atom stereocenters. The molecule has 3 nitrogen and oxygen atoms in total. The second-order valence-corrected chi connectivity index (χ2v) is 6.11. The van der Waals surface area contributed by atoms with Crippen LogP contribution < -0.4 is 5.32 Å². The molecule has 1 fully saturated rings. The van der Waals surface area contributed by atoms with Gasteiger partial charge in [-0.2, -0.15) is 5.10 Å². The third kappa shape index (κ3) is 3.85. The first-order valence-electron chi connectivity index (χ1n) is 8.54. The summed E-state index contributed by atoms with van der Waals surface area (Å²) < 4.78 is 2.22. The van der Waals surface area contributed by atoms with Crippen molar-refractivity contribution in [2.45, 2.75) is 65.8 Å². The molecule has 0 bridgehead atoms. The van der Waals surface area contributed by atoms with Crippen molar-refractivity contribution in [1.29, 1.82) is 0 Å². The van der Waals surface area contributed by atoms with E-state index in [1.165, 1.54) is 43.5 Å². The summed E-state index contributed by atoms with van der Waals surface area (Å²) in [5.74, 6) is 1.70. The second kappa shape index (κ2) is 7.82. The summed E-state index contributed by atoms with van der Waals surface area (Å²) >= 11 is 0. The van der Waals surface area contributed by atoms with E-state index in [1.807, 2.05) is 0 Å². The van der Waals surface area contributed by atoms with Crippen molar-refractivity contribution < 1.29 is 0 Å². The molecule has 1 aliphatic rings. The van der Waals surface area contributed by atoms with Crippen LogP contribution in [0, 0.1) is 11.8 Å². The predicted octanol–water partition coefficient (Wildman–Crippen LogP) is 3.42. The van der Waals surface area contributed by atoms with Crippen LogP contribution in [0.2, 0.25) is 0 Å². The molecule has 0 aliphatic heterocycles. The van der Waals surface area contributed by atoms with E-state index in [-0.39, 0.29) is 0 Å². The van der Waals surface area contributed by atoms with Gasteiger partial charge in [0.2, 0.25) is 0 Å². The van der Waals surface area contributed by atoms with Gasteiger partial charge in [0.1, 0.15) is 0 Å². The van der Waals surface area contributed by atoms with E-state index in [0.717, 1.165) is 37.9 Å². The molecule has 1 N–H and O–H groups in total. The first-order valence-corrected chi connectivity index (χ1v) is 8.54. The minimum Gasteiger partial charge on any atom is -0.317 e. The highest BCUT2D eigenvalue weighted by Gasteiger charge is 2.26. The Morgan fingerprint density at radius 2 is 2.05 bits per heavy atom. The van der Waals surface area contributed by atoms with Gasteiger partial charge >= 0.3 is 0 Å². The molecule has 1 aromatic heterocycles. The Labute approximate surface area is 124 Å². The van der Waals surface area contributed by atoms with Gasteiger partial charge in [-0.3, -0.25) is 4.68 Å². The van der Waals surface area contributed by atoms with Gasteiger partial charge < -0.3 is 5.32 Å². The van der Waals surface area contributed by atoms with Crippen LogP contribution in [-0.4, -0.2) is 22.9 Å². The molecule has 1 unspecified atom stereocenters. The molecule has 3 heteroatoms. The van der Waals surface area contributed by atoms with Crippen molar-refractivity contribution in [2.24, 2.45) is 11.8 Å². The van der Waals surface area contributed by atoms with Gasteiger partial charge in [0, 0.05) is 12.2 Å². The van der Waals surface area contributed by atoms with Crippen LogP contribution in [0.25, 0.3) is 0 Å². The summed E-state index contributed by atoms with van der Waals surface area (Å²) in [5.41, 5.74) is 2.69. The third-order valence-corrected chi connectivity index (χ3v) is 4.77. The Morgan fingerprint density at radius 1 is 1.30 bits per heavy atom. The van der Waals surface area contributed by atoms with Crippen molar-refractivity contribution in [3.05, 3.63) is 17.5 Å². The largest absolute Gasteiger partial charge is 0.317 e. The molecule has 0 spiro atoms. The normalized spacial score (nSPS) is 17.8. The molecule has 114 valence electrons. The lowest BCUT2D eigenvalue weighted by Crippen LogP contribution is -2.29. The Balaban J connectivity index is 2.07. The molecule has 1 heterocycles. The highest BCUT2D eigenvalue weighted by atomic mass is 15.3. The van der Waals surface area contributed by atoms with Crippen LogP contribution >= 0.6 is 0 Å². The summed E-state index contributed by atoms with van der Waals surface area (Å²) in [6, 6.07) is 2.33. The molecule has 2 rings (SSSR count). The molecule has 1 saturated carbocycles. The number of rotatable bonds is 8. The van der Waals surface area contributed by atoms with Crippen LogP contribution in [0.4, 0.5) is 0 Å². The van der Waals surface area contributed by atoms with Crippen LogP contribution in [0.5, 0.6) is 0 Å². The average molecular weight is 277 g/mol. The highest BCUT2D eigenvalue weighted by Crippen LogP contribution is 2.33. The Bertz CT molecular complexity index is 391. The van der Waals surface area contributed by atoms with Crippen molar-refractivity contribution in [2.75, 3.05) is 13.1 Å². The van der Waals surface area contributed by atoms with Gasteiger partial charge in [0.15, 0.2) is 0 Å². The lowest BCUT2D eigenvalue weighted by Gasteiger charge is -2.24. The van der Waals surface area contributed by atoms with Crippen molar-refractivity contribution in [3.63, 3.8) is 0 Å². The summed E-state index contributed by atoms with van der Waals surface area (Å²) in [7, 11) is 0. The van der Waals surface area contributed by atoms with E-state index in [2.05, 4.69) is 36.8 Å². The zero-order chi connectivity index (χ0) is 14.4. The number of aromatic nitrogens is 2. The lowest BCUT2D eigenvalue weighted by atomic mass is 9.87. The molecule has 1 aromatic rings. The topological polar surface area (TPSA) is 29.9 Å². The van der Waals surface area contributed by atoms with E-state index >= 15 is 0 Å². The van der Waals surface area contributed by atoms with Crippen LogP contribution in [0.15, 0.2) is 6.07 Å². The summed E-state index contributed by atoms with van der Waals surface area (Å²) in [6.07, 6.45) is 7.95. The van der Waals surface area contributed by atoms with Gasteiger partial charge in [-0.05, 0) is 50.8 Å². The van der Waals surface area contributed by atoms with Crippen LogP contribution in [0.1, 0.15) is 57.8 Å². The fourth-order valence-electron chi connectivity index (χ4n) is 3.56. The number of aryl methyl sites for hydroxylation is 2. The van der Waals surface area contributed by atoms with Crippen molar-refractivity contribution in [1.82, 2.24) is 15.1 Å². The smallest absolute Gasteiger partial charge is 0.0624 e. The maximum absolute atomic E-state index is 4.70. The quantitative estimate of drug-likeness (QED) is 0.789. The first-order chi connectivity index (χ1) is 9.78. The van der Waals surface area contributed by atoms with Crippen molar-refractivity contribution in [3.8, 4) is 0 Å². The van der Waals surface area contributed by atoms with Gasteiger partial charge in [-0.25, -0.2) is 0 Å². The molecule has 1 aliphatic carbocycles. The Hall–Kier alpha value is -0.830. The third-order valence-electron chi connectivity index (χ3n) is 4.77.